The quantitative estimate of drug-likeness (QED) is 0.0177. The smallest absolute Gasteiger partial charge is 0.469 e. The van der Waals surface area contributed by atoms with E-state index >= 15 is 0 Å². The highest BCUT2D eigenvalue weighted by atomic mass is 32.2. The fraction of sp³-hybridized carbons (Fsp3) is 0.763. The molecule has 0 heterocycles. The minimum Gasteiger partial charge on any atom is -0.469 e. The van der Waals surface area contributed by atoms with E-state index in [2.05, 4.69) is 11.1 Å². The van der Waals surface area contributed by atoms with Gasteiger partial charge in [-0.1, -0.05) is 26.8 Å². The van der Waals surface area contributed by atoms with Crippen molar-refractivity contribution in [3.8, 4) is 0 Å². The second-order valence-electron chi connectivity index (χ2n) is 14.0. The van der Waals surface area contributed by atoms with E-state index in [0.29, 0.717) is 6.42 Å². The number of esters is 7. The van der Waals surface area contributed by atoms with Gasteiger partial charge >= 0.3 is 49.6 Å². The van der Waals surface area contributed by atoms with Gasteiger partial charge in [0.15, 0.2) is 0 Å². The fourth-order valence-corrected chi connectivity index (χ4v) is 6.73. The van der Waals surface area contributed by atoms with Crippen LogP contribution < -0.4 is 0 Å². The monoisotopic (exact) mass is 902 g/mol. The summed E-state index contributed by atoms with van der Waals surface area (Å²) < 4.78 is 51.0. The van der Waals surface area contributed by atoms with E-state index in [9.17, 15) is 38.1 Å². The Kier molecular flexibility index (Phi) is 28.6. The molecule has 5 atom stereocenters. The Morgan fingerprint density at radius 3 is 1.83 bits per heavy atom. The third-order valence-corrected chi connectivity index (χ3v) is 10.6. The van der Waals surface area contributed by atoms with Gasteiger partial charge in [0, 0.05) is 11.5 Å². The van der Waals surface area contributed by atoms with Gasteiger partial charge in [0.25, 0.3) is 0 Å². The van der Waals surface area contributed by atoms with E-state index in [1.165, 1.54) is 38.8 Å². The van der Waals surface area contributed by atoms with Gasteiger partial charge in [-0.25, -0.2) is 14.3 Å². The van der Waals surface area contributed by atoms with Gasteiger partial charge in [0.05, 0.1) is 61.7 Å². The summed E-state index contributed by atoms with van der Waals surface area (Å²) in [6, 6.07) is 0. The van der Waals surface area contributed by atoms with Crippen molar-refractivity contribution < 1.29 is 95.4 Å². The van der Waals surface area contributed by atoms with E-state index in [1.807, 2.05) is 0 Å². The van der Waals surface area contributed by atoms with Crippen molar-refractivity contribution in [1.82, 2.24) is 0 Å². The van der Waals surface area contributed by atoms with Crippen molar-refractivity contribution in [2.45, 2.75) is 80.1 Å². The highest BCUT2D eigenvalue weighted by Crippen LogP contribution is 2.36. The Morgan fingerprint density at radius 1 is 0.700 bits per heavy atom. The molecule has 0 amide bonds. The normalized spacial score (nSPS) is 14.8. The first kappa shape index (κ1) is 56.4. The topological polar surface area (TPSA) is 269 Å². The zero-order chi connectivity index (χ0) is 45.8. The lowest BCUT2D eigenvalue weighted by molar-refractivity contribution is -0.290. The van der Waals surface area contributed by atoms with Crippen molar-refractivity contribution in [2.75, 3.05) is 78.1 Å². The summed E-state index contributed by atoms with van der Waals surface area (Å²) in [4.78, 5) is 115. The van der Waals surface area contributed by atoms with E-state index in [1.54, 1.807) is 27.7 Å². The number of hydrogen-bond donors (Lipinski definition) is 2. The van der Waals surface area contributed by atoms with Gasteiger partial charge in [-0.3, -0.25) is 38.1 Å². The van der Waals surface area contributed by atoms with Gasteiger partial charge in [-0.2, -0.15) is 11.8 Å². The van der Waals surface area contributed by atoms with Crippen LogP contribution in [-0.4, -0.2) is 130 Å². The first-order valence-corrected chi connectivity index (χ1v) is 22.1. The maximum absolute atomic E-state index is 13.2. The van der Waals surface area contributed by atoms with E-state index in [4.69, 9.17) is 52.7 Å². The molecule has 0 saturated carbocycles. The average molecular weight is 903 g/mol. The molecule has 0 aromatic carbocycles. The number of phosphoric ester groups is 1. The molecule has 0 spiro atoms. The molecule has 60 heavy (non-hydrogen) atoms. The minimum absolute atomic E-state index is 0.0164. The molecule has 0 fully saturated rings. The summed E-state index contributed by atoms with van der Waals surface area (Å²) >= 11 is 1.27. The standard InChI is InChI=1S/C38H63O20PS/c1-9-14-56-57-19-17-51-30(39)13-16-54-34(43)29(25-37(6,10-2)35(44)49-8)23-27(4)32(41)53-15-12-31(40)52-21-22-60-26-38(7,36(45)50-11-3)24-28(5)33(42)55-18-20-58-59(46,47)48/h9,27-29H,1,10-26H2,2-8H3,(H2,46,47,48). The van der Waals surface area contributed by atoms with Crippen LogP contribution in [-0.2, 0) is 85.6 Å². The SMILES string of the molecule is C=CCOOCCOC(=O)CCOC(=O)C(CC(C)C(=O)OCCC(=O)OCCSCC(C)(CC(C)C(=O)OCCOP(=O)(O)O)C(=O)OCC)CC(C)(CC)C(=O)OC. The summed E-state index contributed by atoms with van der Waals surface area (Å²) in [5.74, 6) is -6.68. The van der Waals surface area contributed by atoms with Gasteiger partial charge in [-0.05, 0) is 46.5 Å². The van der Waals surface area contributed by atoms with Crippen molar-refractivity contribution in [3.63, 3.8) is 0 Å². The Labute approximate surface area is 355 Å². The number of hydrogen-bond acceptors (Lipinski definition) is 19. The molecule has 0 aromatic rings. The van der Waals surface area contributed by atoms with Gasteiger partial charge in [-0.15, -0.1) is 6.58 Å². The van der Waals surface area contributed by atoms with Gasteiger partial charge in [0.1, 0.15) is 46.2 Å². The third kappa shape index (κ3) is 24.6. The maximum atomic E-state index is 13.2. The molecule has 0 radical (unpaired) electrons. The third-order valence-electron chi connectivity index (χ3n) is 8.75. The molecule has 0 saturated heterocycles. The first-order chi connectivity index (χ1) is 28.2. The van der Waals surface area contributed by atoms with E-state index < -0.39 is 91.4 Å². The molecule has 0 rings (SSSR count). The largest absolute Gasteiger partial charge is 0.469 e. The number of thioether (sulfide) groups is 1. The molecule has 2 N–H and O–H groups in total. The second-order valence-corrected chi connectivity index (χ2v) is 16.4. The Hall–Kier alpha value is -3.59. The molecule has 0 aromatic heterocycles. The number of methoxy groups -OCH3 is 1. The molecule has 0 aliphatic carbocycles. The lowest BCUT2D eigenvalue weighted by Crippen LogP contribution is -2.36. The van der Waals surface area contributed by atoms with Gasteiger partial charge < -0.3 is 42.9 Å². The predicted molar refractivity (Wildman–Crippen MR) is 212 cm³/mol. The molecule has 0 bridgehead atoms. The van der Waals surface area contributed by atoms with Crippen LogP contribution in [0.1, 0.15) is 80.1 Å². The van der Waals surface area contributed by atoms with Crippen LogP contribution in [0.5, 0.6) is 0 Å². The highest BCUT2D eigenvalue weighted by Gasteiger charge is 2.40. The first-order valence-electron chi connectivity index (χ1n) is 19.4. The molecular weight excluding hydrogens is 839 g/mol. The number of carbonyl (C=O) groups excluding carboxylic acids is 7. The summed E-state index contributed by atoms with van der Waals surface area (Å²) in [6.45, 7) is 11.7. The van der Waals surface area contributed by atoms with Crippen molar-refractivity contribution >= 4 is 61.4 Å². The Balaban J connectivity index is 5.03. The zero-order valence-corrected chi connectivity index (χ0v) is 37.3. The molecule has 22 heteroatoms. The summed E-state index contributed by atoms with van der Waals surface area (Å²) in [5.41, 5.74) is -2.22. The highest BCUT2D eigenvalue weighted by molar-refractivity contribution is 7.99. The second kappa shape index (κ2) is 30.4. The molecule has 346 valence electrons. The predicted octanol–water partition coefficient (Wildman–Crippen LogP) is 3.68. The number of carbonyl (C=O) groups is 7. The van der Waals surface area contributed by atoms with Crippen LogP contribution in [0.15, 0.2) is 12.7 Å². The van der Waals surface area contributed by atoms with Crippen molar-refractivity contribution in [1.29, 1.82) is 0 Å². The minimum atomic E-state index is -4.71. The van der Waals surface area contributed by atoms with Gasteiger partial charge in [0.2, 0.25) is 0 Å². The van der Waals surface area contributed by atoms with Crippen LogP contribution >= 0.6 is 19.6 Å². The summed E-state index contributed by atoms with van der Waals surface area (Å²) in [7, 11) is -3.49. The van der Waals surface area contributed by atoms with Crippen LogP contribution in [0.4, 0.5) is 0 Å². The van der Waals surface area contributed by atoms with E-state index in [0.717, 1.165) is 0 Å². The van der Waals surface area contributed by atoms with Crippen molar-refractivity contribution in [2.24, 2.45) is 28.6 Å². The number of rotatable bonds is 34. The van der Waals surface area contributed by atoms with Crippen LogP contribution in [0.25, 0.3) is 0 Å². The summed E-state index contributed by atoms with van der Waals surface area (Å²) in [5, 5.41) is 0. The van der Waals surface area contributed by atoms with E-state index in [-0.39, 0.29) is 89.9 Å². The maximum Gasteiger partial charge on any atom is 0.469 e. The van der Waals surface area contributed by atoms with Crippen LogP contribution in [0.2, 0.25) is 0 Å². The average Bonchev–Trinajstić information content (AvgIpc) is 3.19. The molecule has 20 nitrogen and oxygen atoms in total. The molecule has 0 aliphatic rings. The Morgan fingerprint density at radius 2 is 1.27 bits per heavy atom. The van der Waals surface area contributed by atoms with Crippen LogP contribution in [0, 0.1) is 28.6 Å². The molecular formula is C38H63O20PS. The number of phosphoric acid groups is 1. The lowest BCUT2D eigenvalue weighted by Gasteiger charge is -2.29. The number of ether oxygens (including phenoxy) is 7. The lowest BCUT2D eigenvalue weighted by atomic mass is 9.76. The fourth-order valence-electron chi connectivity index (χ4n) is 5.39. The summed E-state index contributed by atoms with van der Waals surface area (Å²) in [6.07, 6.45) is 1.22. The Bertz CT molecular complexity index is 1420. The molecule has 5 unspecified atom stereocenters. The van der Waals surface area contributed by atoms with Crippen molar-refractivity contribution in [3.05, 3.63) is 12.7 Å². The van der Waals surface area contributed by atoms with Crippen LogP contribution in [0.3, 0.4) is 0 Å². The molecule has 0 aliphatic heterocycles. The zero-order valence-electron chi connectivity index (χ0n) is 35.6.